The molecule has 1 N–H and O–H groups in total. The maximum atomic E-state index is 13.2. The topological polar surface area (TPSA) is 56.2 Å². The van der Waals surface area contributed by atoms with Crippen molar-refractivity contribution in [3.63, 3.8) is 0 Å². The van der Waals surface area contributed by atoms with Crippen LogP contribution in [0.2, 0.25) is 0 Å². The van der Waals surface area contributed by atoms with Crippen LogP contribution in [0.25, 0.3) is 0 Å². The lowest BCUT2D eigenvalue weighted by Gasteiger charge is -2.28. The van der Waals surface area contributed by atoms with Crippen molar-refractivity contribution in [3.8, 4) is 0 Å². The van der Waals surface area contributed by atoms with Gasteiger partial charge in [0.1, 0.15) is 5.82 Å². The molecule has 1 saturated heterocycles. The van der Waals surface area contributed by atoms with Crippen molar-refractivity contribution in [1.29, 1.82) is 0 Å². The fourth-order valence-electron chi connectivity index (χ4n) is 3.65. The number of nitrogens with zero attached hydrogens (tertiary/aromatic N) is 2. The summed E-state index contributed by atoms with van der Waals surface area (Å²) in [4.78, 5) is 12.4. The summed E-state index contributed by atoms with van der Waals surface area (Å²) in [6.07, 6.45) is 1.92. The van der Waals surface area contributed by atoms with E-state index in [1.807, 2.05) is 25.6 Å². The fraction of sp³-hybridized carbons (Fsp3) is 0.500. The van der Waals surface area contributed by atoms with E-state index < -0.39 is 0 Å². The summed E-state index contributed by atoms with van der Waals surface area (Å²) >= 11 is 0. The molecule has 0 radical (unpaired) electrons. The second-order valence-corrected chi connectivity index (χ2v) is 7.14. The Morgan fingerprint density at radius 3 is 2.65 bits per heavy atom. The second-order valence-electron chi connectivity index (χ2n) is 7.14. The summed E-state index contributed by atoms with van der Waals surface area (Å²) < 4.78 is 20.7. The predicted molar refractivity (Wildman–Crippen MR) is 97.5 cm³/mol. The number of carbonyl (C=O) groups is 1. The lowest BCUT2D eigenvalue weighted by molar-refractivity contribution is -0.121. The fourth-order valence-corrected chi connectivity index (χ4v) is 3.65. The summed E-state index contributed by atoms with van der Waals surface area (Å²) in [6, 6.07) is 6.51. The van der Waals surface area contributed by atoms with E-state index in [9.17, 15) is 9.18 Å². The summed E-state index contributed by atoms with van der Waals surface area (Å²) in [5.74, 6) is -0.241. The third-order valence-electron chi connectivity index (χ3n) is 5.44. The molecule has 26 heavy (non-hydrogen) atoms. The van der Waals surface area contributed by atoms with Crippen molar-refractivity contribution in [1.82, 2.24) is 15.1 Å². The molecule has 2 heterocycles. The van der Waals surface area contributed by atoms with Gasteiger partial charge in [-0.2, -0.15) is 5.10 Å². The molecule has 0 bridgehead atoms. The summed E-state index contributed by atoms with van der Waals surface area (Å²) in [6.45, 7) is 5.69. The van der Waals surface area contributed by atoms with Crippen molar-refractivity contribution < 1.29 is 13.9 Å². The van der Waals surface area contributed by atoms with Crippen LogP contribution in [0.1, 0.15) is 35.4 Å². The van der Waals surface area contributed by atoms with Gasteiger partial charge >= 0.3 is 0 Å². The quantitative estimate of drug-likeness (QED) is 0.862. The standard InChI is InChI=1S/C20H26FN3O2/c1-14-18(15(2)24(3)23-14)8-9-19(25)22-12-20(10-11-26-13-20)16-4-6-17(21)7-5-16/h4-7H,8-13H2,1-3H3,(H,22,25). The van der Waals surface area contributed by atoms with Crippen LogP contribution in [0.3, 0.4) is 0 Å². The molecule has 5 nitrogen and oxygen atoms in total. The number of aromatic nitrogens is 2. The number of ether oxygens (including phenoxy) is 1. The van der Waals surface area contributed by atoms with Crippen LogP contribution < -0.4 is 5.32 Å². The molecule has 140 valence electrons. The van der Waals surface area contributed by atoms with Gasteiger partial charge in [0.15, 0.2) is 0 Å². The van der Waals surface area contributed by atoms with Crippen LogP contribution >= 0.6 is 0 Å². The maximum absolute atomic E-state index is 13.2. The van der Waals surface area contributed by atoms with Gasteiger partial charge in [0.05, 0.1) is 12.3 Å². The van der Waals surface area contributed by atoms with E-state index in [4.69, 9.17) is 4.74 Å². The number of amides is 1. The number of hydrogen-bond acceptors (Lipinski definition) is 3. The number of aryl methyl sites for hydroxylation is 2. The van der Waals surface area contributed by atoms with Crippen molar-refractivity contribution >= 4 is 5.91 Å². The van der Waals surface area contributed by atoms with Crippen LogP contribution in [0.15, 0.2) is 24.3 Å². The van der Waals surface area contributed by atoms with E-state index >= 15 is 0 Å². The zero-order chi connectivity index (χ0) is 18.7. The number of hydrogen-bond donors (Lipinski definition) is 1. The van der Waals surface area contributed by atoms with E-state index in [0.717, 1.165) is 28.9 Å². The summed E-state index contributed by atoms with van der Waals surface area (Å²) in [7, 11) is 1.92. The molecular formula is C20H26FN3O2. The molecule has 1 aromatic heterocycles. The number of nitrogens with one attached hydrogen (secondary N) is 1. The average molecular weight is 359 g/mol. The van der Waals surface area contributed by atoms with Gasteiger partial charge in [-0.15, -0.1) is 0 Å². The first kappa shape index (κ1) is 18.6. The highest BCUT2D eigenvalue weighted by molar-refractivity contribution is 5.76. The highest BCUT2D eigenvalue weighted by atomic mass is 19.1. The van der Waals surface area contributed by atoms with Crippen LogP contribution in [-0.4, -0.2) is 35.4 Å². The maximum Gasteiger partial charge on any atom is 0.220 e. The Kier molecular flexibility index (Phi) is 5.41. The number of carbonyl (C=O) groups excluding carboxylic acids is 1. The molecule has 1 amide bonds. The molecule has 1 aromatic carbocycles. The van der Waals surface area contributed by atoms with E-state index in [2.05, 4.69) is 10.4 Å². The molecule has 0 aliphatic carbocycles. The van der Waals surface area contributed by atoms with Gasteiger partial charge in [0.25, 0.3) is 0 Å². The molecular weight excluding hydrogens is 333 g/mol. The highest BCUT2D eigenvalue weighted by Crippen LogP contribution is 2.32. The minimum atomic E-state index is -0.274. The molecule has 1 fully saturated rings. The first-order valence-corrected chi connectivity index (χ1v) is 9.01. The summed E-state index contributed by atoms with van der Waals surface area (Å²) in [5.41, 5.74) is 3.95. The van der Waals surface area contributed by atoms with E-state index in [1.165, 1.54) is 12.1 Å². The molecule has 2 aromatic rings. The Morgan fingerprint density at radius 1 is 1.35 bits per heavy atom. The largest absolute Gasteiger partial charge is 0.380 e. The van der Waals surface area contributed by atoms with Gasteiger partial charge < -0.3 is 10.1 Å². The zero-order valence-electron chi connectivity index (χ0n) is 15.6. The minimum absolute atomic E-state index is 0.0149. The van der Waals surface area contributed by atoms with Crippen molar-refractivity contribution in [2.45, 2.75) is 38.5 Å². The van der Waals surface area contributed by atoms with Crippen LogP contribution in [0, 0.1) is 19.7 Å². The van der Waals surface area contributed by atoms with Crippen LogP contribution in [-0.2, 0) is 28.4 Å². The van der Waals surface area contributed by atoms with Gasteiger partial charge in [0.2, 0.25) is 5.91 Å². The molecule has 0 saturated carbocycles. The van der Waals surface area contributed by atoms with Crippen molar-refractivity contribution in [3.05, 3.63) is 52.6 Å². The Balaban J connectivity index is 1.61. The van der Waals surface area contributed by atoms with Crippen molar-refractivity contribution in [2.24, 2.45) is 7.05 Å². The van der Waals surface area contributed by atoms with Crippen LogP contribution in [0.4, 0.5) is 4.39 Å². The van der Waals surface area contributed by atoms with E-state index in [0.29, 0.717) is 32.6 Å². The molecule has 1 aliphatic heterocycles. The van der Waals surface area contributed by atoms with Crippen LogP contribution in [0.5, 0.6) is 0 Å². The normalized spacial score (nSPS) is 19.7. The van der Waals surface area contributed by atoms with Gasteiger partial charge in [-0.3, -0.25) is 9.48 Å². The Labute approximate surface area is 153 Å². The first-order chi connectivity index (χ1) is 12.4. The van der Waals surface area contributed by atoms with Gasteiger partial charge in [-0.25, -0.2) is 4.39 Å². The Bertz CT molecular complexity index is 777. The number of benzene rings is 1. The molecule has 1 aliphatic rings. The third-order valence-corrected chi connectivity index (χ3v) is 5.44. The monoisotopic (exact) mass is 359 g/mol. The molecule has 3 rings (SSSR count). The number of halogens is 1. The first-order valence-electron chi connectivity index (χ1n) is 9.01. The lowest BCUT2D eigenvalue weighted by atomic mass is 9.79. The van der Waals surface area contributed by atoms with Gasteiger partial charge in [-0.1, -0.05) is 12.1 Å². The smallest absolute Gasteiger partial charge is 0.220 e. The predicted octanol–water partition coefficient (Wildman–Crippen LogP) is 2.58. The Hall–Kier alpha value is -2.21. The number of rotatable bonds is 6. The Morgan fingerprint density at radius 2 is 2.08 bits per heavy atom. The summed E-state index contributed by atoms with van der Waals surface area (Å²) in [5, 5.41) is 7.45. The lowest BCUT2D eigenvalue weighted by Crippen LogP contribution is -2.41. The molecule has 0 spiro atoms. The zero-order valence-corrected chi connectivity index (χ0v) is 15.6. The van der Waals surface area contributed by atoms with Gasteiger partial charge in [0, 0.05) is 37.7 Å². The van der Waals surface area contributed by atoms with Gasteiger partial charge in [-0.05, 0) is 49.9 Å². The highest BCUT2D eigenvalue weighted by Gasteiger charge is 2.37. The molecule has 1 unspecified atom stereocenters. The SMILES string of the molecule is Cc1nn(C)c(C)c1CCC(=O)NCC1(c2ccc(F)cc2)CCOC1. The van der Waals surface area contributed by atoms with E-state index in [-0.39, 0.29) is 17.1 Å². The molecule has 1 atom stereocenters. The van der Waals surface area contributed by atoms with E-state index in [1.54, 1.807) is 12.1 Å². The van der Waals surface area contributed by atoms with Crippen molar-refractivity contribution in [2.75, 3.05) is 19.8 Å². The molecule has 6 heteroatoms. The third kappa shape index (κ3) is 3.80. The second kappa shape index (κ2) is 7.58. The average Bonchev–Trinajstić information content (AvgIpc) is 3.19. The minimum Gasteiger partial charge on any atom is -0.380 e.